The lowest BCUT2D eigenvalue weighted by Gasteiger charge is -2.27. The van der Waals surface area contributed by atoms with E-state index in [1.165, 1.54) is 11.1 Å². The van der Waals surface area contributed by atoms with Gasteiger partial charge in [0.15, 0.2) is 5.54 Å². The lowest BCUT2D eigenvalue weighted by Crippen LogP contribution is -2.25. The largest absolute Gasteiger partial charge is 0.213 e. The van der Waals surface area contributed by atoms with Crippen molar-refractivity contribution in [3.8, 4) is 12.3 Å². The van der Waals surface area contributed by atoms with Gasteiger partial charge in [-0.25, -0.2) is 0 Å². The zero-order valence-electron chi connectivity index (χ0n) is 21.3. The fourth-order valence-electron chi connectivity index (χ4n) is 5.79. The summed E-state index contributed by atoms with van der Waals surface area (Å²) in [6, 6.07) is 31.6. The van der Waals surface area contributed by atoms with Gasteiger partial charge >= 0.3 is 0 Å². The molecular formula is C34H28N2O2. The number of nitroso groups, excluding NO2 is 2. The summed E-state index contributed by atoms with van der Waals surface area (Å²) in [6.07, 6.45) is 12.3. The third-order valence-electron chi connectivity index (χ3n) is 7.75. The topological polar surface area (TPSA) is 58.9 Å². The molecule has 4 aromatic carbocycles. The van der Waals surface area contributed by atoms with Gasteiger partial charge in [-0.3, -0.25) is 0 Å². The molecule has 0 saturated heterocycles. The molecule has 0 bridgehead atoms. The van der Waals surface area contributed by atoms with E-state index in [-0.39, 0.29) is 0 Å². The van der Waals surface area contributed by atoms with Gasteiger partial charge in [0.2, 0.25) is 5.54 Å². The maximum Gasteiger partial charge on any atom is 0.213 e. The van der Waals surface area contributed by atoms with Crippen LogP contribution in [0.25, 0.3) is 12.2 Å². The first-order valence-electron chi connectivity index (χ1n) is 12.8. The molecule has 0 heterocycles. The van der Waals surface area contributed by atoms with Crippen LogP contribution in [0.15, 0.2) is 107 Å². The lowest BCUT2D eigenvalue weighted by atomic mass is 9.79. The Balaban J connectivity index is 0.000000155. The van der Waals surface area contributed by atoms with E-state index in [0.717, 1.165) is 46.2 Å². The van der Waals surface area contributed by atoms with E-state index in [1.54, 1.807) is 0 Å². The predicted octanol–water partition coefficient (Wildman–Crippen LogP) is 8.02. The van der Waals surface area contributed by atoms with Crippen LogP contribution >= 0.6 is 0 Å². The summed E-state index contributed by atoms with van der Waals surface area (Å²) in [5.41, 5.74) is 6.06. The minimum atomic E-state index is -1.25. The van der Waals surface area contributed by atoms with Crippen molar-refractivity contribution < 1.29 is 0 Å². The molecular weight excluding hydrogens is 468 g/mol. The highest BCUT2D eigenvalue weighted by atomic mass is 16.3. The van der Waals surface area contributed by atoms with Gasteiger partial charge in [0.25, 0.3) is 0 Å². The highest BCUT2D eigenvalue weighted by Gasteiger charge is 2.39. The molecule has 0 fully saturated rings. The molecule has 0 radical (unpaired) electrons. The summed E-state index contributed by atoms with van der Waals surface area (Å²) in [7, 11) is 0. The highest BCUT2D eigenvalue weighted by Crippen LogP contribution is 2.43. The van der Waals surface area contributed by atoms with Crippen LogP contribution in [-0.2, 0) is 23.9 Å². The molecule has 4 heteroatoms. The van der Waals surface area contributed by atoms with Gasteiger partial charge in [-0.05, 0) is 57.8 Å². The molecule has 186 valence electrons. The van der Waals surface area contributed by atoms with Crippen molar-refractivity contribution in [2.24, 2.45) is 10.4 Å². The van der Waals surface area contributed by atoms with E-state index in [1.807, 2.05) is 91.9 Å². The van der Waals surface area contributed by atoms with Gasteiger partial charge in [-0.2, -0.15) is 0 Å². The normalized spacial score (nSPS) is 15.4. The van der Waals surface area contributed by atoms with Gasteiger partial charge in [-0.1, -0.05) is 127 Å². The average molecular weight is 497 g/mol. The number of rotatable bonds is 3. The molecule has 0 aromatic heterocycles. The third kappa shape index (κ3) is 3.97. The number of fused-ring (bicyclic) bond motifs is 4. The van der Waals surface area contributed by atoms with Crippen molar-refractivity contribution in [3.63, 3.8) is 0 Å². The molecule has 0 unspecified atom stereocenters. The molecule has 2 aliphatic carbocycles. The predicted molar refractivity (Wildman–Crippen MR) is 154 cm³/mol. The summed E-state index contributed by atoms with van der Waals surface area (Å²) in [4.78, 5) is 23.3. The Morgan fingerprint density at radius 2 is 1.08 bits per heavy atom. The fourth-order valence-corrected chi connectivity index (χ4v) is 5.79. The van der Waals surface area contributed by atoms with E-state index >= 15 is 0 Å². The zero-order chi connectivity index (χ0) is 26.6. The van der Waals surface area contributed by atoms with Gasteiger partial charge in [0.05, 0.1) is 0 Å². The van der Waals surface area contributed by atoms with Gasteiger partial charge in [-0.15, -0.1) is 16.2 Å². The second-order valence-electron chi connectivity index (χ2n) is 9.57. The number of hydrogen-bond acceptors (Lipinski definition) is 4. The first kappa shape index (κ1) is 25.0. The maximum absolute atomic E-state index is 11.7. The van der Waals surface area contributed by atoms with E-state index < -0.39 is 11.1 Å². The summed E-state index contributed by atoms with van der Waals surface area (Å²) in [5, 5.41) is 6.90. The maximum atomic E-state index is 11.7. The summed E-state index contributed by atoms with van der Waals surface area (Å²) in [5.74, 6) is 2.60. The number of aryl methyl sites for hydroxylation is 2. The first-order valence-corrected chi connectivity index (χ1v) is 12.8. The Hall–Kier alpha value is -4.62. The smallest absolute Gasteiger partial charge is 0.149 e. The second-order valence-corrected chi connectivity index (χ2v) is 9.57. The highest BCUT2D eigenvalue weighted by molar-refractivity contribution is 5.79. The summed E-state index contributed by atoms with van der Waals surface area (Å²) in [6.45, 7) is 2.04. The number of benzene rings is 4. The minimum absolute atomic E-state index is 0.699. The fraction of sp³-hybridized carbons (Fsp3) is 0.176. The SMILES string of the molecule is C#CC1(N=O)c2ccccc2C=Cc2ccccc21.CCC1(N=O)c2ccccc2CCc2ccccc21. The van der Waals surface area contributed by atoms with Crippen LogP contribution in [-0.4, -0.2) is 0 Å². The van der Waals surface area contributed by atoms with Crippen molar-refractivity contribution in [1.82, 2.24) is 0 Å². The van der Waals surface area contributed by atoms with E-state index in [2.05, 4.69) is 40.5 Å². The van der Waals surface area contributed by atoms with Crippen molar-refractivity contribution in [2.45, 2.75) is 37.3 Å². The molecule has 2 aliphatic rings. The number of hydrogen-bond donors (Lipinski definition) is 0. The van der Waals surface area contributed by atoms with Gasteiger partial charge in [0, 0.05) is 11.1 Å². The van der Waals surface area contributed by atoms with Crippen molar-refractivity contribution in [2.75, 3.05) is 0 Å². The van der Waals surface area contributed by atoms with Crippen LogP contribution in [0.2, 0.25) is 0 Å². The number of nitrogens with zero attached hydrogens (tertiary/aromatic N) is 2. The van der Waals surface area contributed by atoms with Crippen molar-refractivity contribution >= 4 is 12.2 Å². The van der Waals surface area contributed by atoms with E-state index in [9.17, 15) is 9.81 Å². The van der Waals surface area contributed by atoms with Crippen LogP contribution < -0.4 is 0 Å². The molecule has 0 atom stereocenters. The summed E-state index contributed by atoms with van der Waals surface area (Å²) >= 11 is 0. The third-order valence-corrected chi connectivity index (χ3v) is 7.75. The first-order chi connectivity index (χ1) is 18.6. The Morgan fingerprint density at radius 3 is 1.47 bits per heavy atom. The quantitative estimate of drug-likeness (QED) is 0.213. The monoisotopic (exact) mass is 496 g/mol. The van der Waals surface area contributed by atoms with Crippen molar-refractivity contribution in [3.05, 3.63) is 151 Å². The Morgan fingerprint density at radius 1 is 0.658 bits per heavy atom. The lowest BCUT2D eigenvalue weighted by molar-refractivity contribution is 0.515. The van der Waals surface area contributed by atoms with E-state index in [0.29, 0.717) is 6.42 Å². The zero-order valence-corrected chi connectivity index (χ0v) is 21.3. The molecule has 0 N–H and O–H groups in total. The minimum Gasteiger partial charge on any atom is -0.149 e. The van der Waals surface area contributed by atoms with Crippen LogP contribution in [0.3, 0.4) is 0 Å². The second kappa shape index (κ2) is 10.4. The Labute approximate surface area is 223 Å². The molecule has 6 rings (SSSR count). The molecule has 0 aliphatic heterocycles. The van der Waals surface area contributed by atoms with Crippen LogP contribution in [0.1, 0.15) is 57.9 Å². The van der Waals surface area contributed by atoms with Crippen LogP contribution in [0, 0.1) is 22.2 Å². The Kier molecular flexibility index (Phi) is 6.85. The average Bonchev–Trinajstić information content (AvgIpc) is 3.22. The standard InChI is InChI=1S/C17H17NO.C17H11NO/c2*1-2-17(18-19)15-9-5-3-7-13(15)11-12-14-8-4-6-10-16(14)17/h3-10H,2,11-12H2,1H3;1,3-12H. The van der Waals surface area contributed by atoms with E-state index in [4.69, 9.17) is 6.42 Å². The molecule has 4 nitrogen and oxygen atoms in total. The molecule has 4 aromatic rings. The van der Waals surface area contributed by atoms with Gasteiger partial charge < -0.3 is 0 Å². The van der Waals surface area contributed by atoms with Crippen LogP contribution in [0.5, 0.6) is 0 Å². The Bertz CT molecular complexity index is 1480. The molecule has 38 heavy (non-hydrogen) atoms. The molecule has 0 amide bonds. The molecule has 0 saturated carbocycles. The van der Waals surface area contributed by atoms with Crippen LogP contribution in [0.4, 0.5) is 0 Å². The summed E-state index contributed by atoms with van der Waals surface area (Å²) < 4.78 is 0. The van der Waals surface area contributed by atoms with Crippen molar-refractivity contribution in [1.29, 1.82) is 0 Å². The number of terminal acetylenes is 1. The van der Waals surface area contributed by atoms with Gasteiger partial charge in [0.1, 0.15) is 0 Å². The molecule has 0 spiro atoms.